The molecule has 1 N–H and O–H groups in total. The van der Waals surface area contributed by atoms with Crippen LogP contribution in [0.1, 0.15) is 24.8 Å². The number of hydrogen-bond donors (Lipinski definition) is 1. The first-order valence-electron chi connectivity index (χ1n) is 7.58. The molecule has 2 aliphatic rings. The Labute approximate surface area is 125 Å². The van der Waals surface area contributed by atoms with Crippen LogP contribution in [0.4, 0.5) is 0 Å². The van der Waals surface area contributed by atoms with Crippen LogP contribution in [-0.2, 0) is 4.79 Å². The lowest BCUT2D eigenvalue weighted by Crippen LogP contribution is -2.35. The molecule has 4 heteroatoms. The van der Waals surface area contributed by atoms with Gasteiger partial charge in [0.05, 0.1) is 0 Å². The number of carboxylic acids is 1. The lowest BCUT2D eigenvalue weighted by Gasteiger charge is -2.26. The predicted octanol–water partition coefficient (Wildman–Crippen LogP) is 2.65. The van der Waals surface area contributed by atoms with Gasteiger partial charge in [0, 0.05) is 25.2 Å². The summed E-state index contributed by atoms with van der Waals surface area (Å²) in [5.41, 5.74) is 0.863. The molecule has 1 aromatic carbocycles. The van der Waals surface area contributed by atoms with Crippen LogP contribution in [0.3, 0.4) is 0 Å². The average molecular weight is 287 g/mol. The fourth-order valence-electron chi connectivity index (χ4n) is 3.42. The highest BCUT2D eigenvalue weighted by Gasteiger charge is 2.37. The van der Waals surface area contributed by atoms with Gasteiger partial charge in [-0.1, -0.05) is 12.1 Å². The fourth-order valence-corrected chi connectivity index (χ4v) is 3.42. The molecule has 1 heterocycles. The number of likely N-dealkylation sites (tertiary alicyclic amines) is 1. The number of ether oxygens (including phenoxy) is 1. The molecule has 1 saturated heterocycles. The van der Waals surface area contributed by atoms with E-state index >= 15 is 0 Å². The van der Waals surface area contributed by atoms with Gasteiger partial charge in [-0.3, -0.25) is 4.90 Å². The van der Waals surface area contributed by atoms with Crippen molar-refractivity contribution in [2.24, 2.45) is 5.92 Å². The number of carbonyl (C=O) groups is 1. The lowest BCUT2D eigenvalue weighted by atomic mass is 10.1. The second-order valence-corrected chi connectivity index (χ2v) is 5.92. The van der Waals surface area contributed by atoms with Crippen molar-refractivity contribution in [1.29, 1.82) is 0 Å². The summed E-state index contributed by atoms with van der Waals surface area (Å²) in [7, 11) is 0. The van der Waals surface area contributed by atoms with E-state index in [0.717, 1.165) is 35.9 Å². The van der Waals surface area contributed by atoms with Crippen LogP contribution < -0.4 is 4.74 Å². The zero-order chi connectivity index (χ0) is 14.7. The highest BCUT2D eigenvalue weighted by Crippen LogP contribution is 2.36. The monoisotopic (exact) mass is 287 g/mol. The van der Waals surface area contributed by atoms with Gasteiger partial charge in [0.15, 0.2) is 0 Å². The van der Waals surface area contributed by atoms with E-state index in [2.05, 4.69) is 4.90 Å². The normalized spacial score (nSPS) is 24.8. The number of benzene rings is 1. The van der Waals surface area contributed by atoms with E-state index < -0.39 is 5.97 Å². The lowest BCUT2D eigenvalue weighted by molar-refractivity contribution is -0.131. The quantitative estimate of drug-likeness (QED) is 0.817. The van der Waals surface area contributed by atoms with Crippen LogP contribution in [0.2, 0.25) is 0 Å². The van der Waals surface area contributed by atoms with E-state index in [9.17, 15) is 4.79 Å². The largest absolute Gasteiger partial charge is 0.492 e. The van der Waals surface area contributed by atoms with Crippen LogP contribution in [0.25, 0.3) is 6.08 Å². The Morgan fingerprint density at radius 1 is 1.33 bits per heavy atom. The molecule has 1 aromatic rings. The molecule has 0 spiro atoms. The zero-order valence-electron chi connectivity index (χ0n) is 12.1. The maximum atomic E-state index is 10.4. The molecule has 21 heavy (non-hydrogen) atoms. The maximum absolute atomic E-state index is 10.4. The number of carboxylic acid groups (broad SMARTS) is 1. The van der Waals surface area contributed by atoms with E-state index in [1.807, 2.05) is 24.3 Å². The molecule has 2 bridgehead atoms. The molecule has 2 fully saturated rings. The van der Waals surface area contributed by atoms with Gasteiger partial charge in [-0.25, -0.2) is 4.79 Å². The maximum Gasteiger partial charge on any atom is 0.328 e. The van der Waals surface area contributed by atoms with E-state index in [1.165, 1.54) is 25.8 Å². The van der Waals surface area contributed by atoms with Crippen molar-refractivity contribution in [2.45, 2.75) is 25.3 Å². The van der Waals surface area contributed by atoms with Crippen molar-refractivity contribution in [1.82, 2.24) is 4.90 Å². The molecule has 4 nitrogen and oxygen atoms in total. The first kappa shape index (κ1) is 14.1. The van der Waals surface area contributed by atoms with Gasteiger partial charge in [-0.2, -0.15) is 0 Å². The number of rotatable bonds is 6. The van der Waals surface area contributed by atoms with Gasteiger partial charge in [0.1, 0.15) is 12.4 Å². The number of fused-ring (bicyclic) bond motifs is 2. The summed E-state index contributed by atoms with van der Waals surface area (Å²) in [6.07, 6.45) is 6.86. The highest BCUT2D eigenvalue weighted by atomic mass is 16.5. The van der Waals surface area contributed by atoms with Crippen LogP contribution in [0.15, 0.2) is 30.3 Å². The van der Waals surface area contributed by atoms with E-state index in [-0.39, 0.29) is 0 Å². The summed E-state index contributed by atoms with van der Waals surface area (Å²) in [5.74, 6) is 0.831. The third-order valence-electron chi connectivity index (χ3n) is 4.47. The first-order chi connectivity index (χ1) is 10.2. The van der Waals surface area contributed by atoms with Gasteiger partial charge in [-0.05, 0) is 49.0 Å². The van der Waals surface area contributed by atoms with Crippen LogP contribution in [0, 0.1) is 5.92 Å². The minimum absolute atomic E-state index is 0.716. The van der Waals surface area contributed by atoms with Gasteiger partial charge in [-0.15, -0.1) is 0 Å². The first-order valence-corrected chi connectivity index (χ1v) is 7.58. The Balaban J connectivity index is 1.44. The molecule has 2 unspecified atom stereocenters. The predicted molar refractivity (Wildman–Crippen MR) is 81.3 cm³/mol. The molecule has 112 valence electrons. The number of aliphatic carboxylic acids is 1. The van der Waals surface area contributed by atoms with Gasteiger partial charge in [0.25, 0.3) is 0 Å². The van der Waals surface area contributed by atoms with Gasteiger partial charge >= 0.3 is 5.97 Å². The van der Waals surface area contributed by atoms with Crippen molar-refractivity contribution >= 4 is 12.0 Å². The second kappa shape index (κ2) is 6.31. The molecule has 2 atom stereocenters. The van der Waals surface area contributed by atoms with Crippen LogP contribution >= 0.6 is 0 Å². The molecule has 1 saturated carbocycles. The van der Waals surface area contributed by atoms with Crippen LogP contribution in [-0.4, -0.2) is 41.7 Å². The van der Waals surface area contributed by atoms with E-state index in [0.29, 0.717) is 6.61 Å². The van der Waals surface area contributed by atoms with Crippen molar-refractivity contribution in [2.75, 3.05) is 19.7 Å². The van der Waals surface area contributed by atoms with Crippen molar-refractivity contribution in [3.63, 3.8) is 0 Å². The average Bonchev–Trinajstić information content (AvgIpc) is 3.09. The third kappa shape index (κ3) is 3.64. The molecule has 0 aromatic heterocycles. The summed E-state index contributed by atoms with van der Waals surface area (Å²) in [6.45, 7) is 2.96. The second-order valence-electron chi connectivity index (χ2n) is 5.92. The Hall–Kier alpha value is -1.81. The Bertz CT molecular complexity index is 523. The molecular weight excluding hydrogens is 266 g/mol. The topological polar surface area (TPSA) is 49.8 Å². The number of nitrogens with zero attached hydrogens (tertiary/aromatic N) is 1. The van der Waals surface area contributed by atoms with Crippen molar-refractivity contribution in [3.8, 4) is 5.75 Å². The zero-order valence-corrected chi connectivity index (χ0v) is 12.1. The standard InChI is InChI=1S/C17H21NO3/c19-17(20)8-4-13-2-6-16(7-3-13)21-10-9-18-12-14-1-5-15(18)11-14/h2-4,6-8,14-15H,1,5,9-12H2,(H,19,20). The molecule has 3 rings (SSSR count). The summed E-state index contributed by atoms with van der Waals surface area (Å²) >= 11 is 0. The van der Waals surface area contributed by atoms with Crippen molar-refractivity contribution in [3.05, 3.63) is 35.9 Å². The molecule has 1 aliphatic carbocycles. The summed E-state index contributed by atoms with van der Waals surface area (Å²) in [4.78, 5) is 13.0. The van der Waals surface area contributed by atoms with Gasteiger partial charge < -0.3 is 9.84 Å². The highest BCUT2D eigenvalue weighted by molar-refractivity contribution is 5.85. The van der Waals surface area contributed by atoms with E-state index in [4.69, 9.17) is 9.84 Å². The molecular formula is C17H21NO3. The Morgan fingerprint density at radius 3 is 2.76 bits per heavy atom. The summed E-state index contributed by atoms with van der Waals surface area (Å²) in [5, 5.41) is 8.58. The smallest absolute Gasteiger partial charge is 0.328 e. The Kier molecular flexibility index (Phi) is 4.25. The fraction of sp³-hybridized carbons (Fsp3) is 0.471. The third-order valence-corrected chi connectivity index (χ3v) is 4.47. The van der Waals surface area contributed by atoms with Gasteiger partial charge in [0.2, 0.25) is 0 Å². The molecule has 1 aliphatic heterocycles. The van der Waals surface area contributed by atoms with E-state index in [1.54, 1.807) is 6.08 Å². The summed E-state index contributed by atoms with van der Waals surface area (Å²) in [6, 6.07) is 8.30. The minimum atomic E-state index is -0.935. The SMILES string of the molecule is O=C(O)C=Cc1ccc(OCCN2CC3CCC2C3)cc1. The number of piperidine rings is 1. The minimum Gasteiger partial charge on any atom is -0.492 e. The summed E-state index contributed by atoms with van der Waals surface area (Å²) < 4.78 is 5.77. The van der Waals surface area contributed by atoms with Crippen LogP contribution in [0.5, 0.6) is 5.75 Å². The number of hydrogen-bond acceptors (Lipinski definition) is 3. The molecule has 0 amide bonds. The molecule has 0 radical (unpaired) electrons. The van der Waals surface area contributed by atoms with Crippen molar-refractivity contribution < 1.29 is 14.6 Å². The Morgan fingerprint density at radius 2 is 2.14 bits per heavy atom.